The monoisotopic (exact) mass is 313 g/mol. The second kappa shape index (κ2) is 6.26. The smallest absolute Gasteiger partial charge is 0.376 e. The topological polar surface area (TPSA) is 90.4 Å². The molecular formula is C17H19N3O3. The summed E-state index contributed by atoms with van der Waals surface area (Å²) in [5.41, 5.74) is 7.88. The van der Waals surface area contributed by atoms with Crippen molar-refractivity contribution in [3.05, 3.63) is 36.2 Å². The predicted molar refractivity (Wildman–Crippen MR) is 89.6 cm³/mol. The number of rotatable bonds is 5. The summed E-state index contributed by atoms with van der Waals surface area (Å²) in [6, 6.07) is 7.42. The minimum atomic E-state index is -0.493. The molecule has 0 spiro atoms. The maximum Gasteiger partial charge on any atom is 0.376 e. The summed E-state index contributed by atoms with van der Waals surface area (Å²) in [7, 11) is 0. The number of fused-ring (bicyclic) bond motifs is 3. The number of nitrogens with two attached hydrogens (primary N) is 1. The number of carbonyl (C=O) groups excluding carboxylic acids is 1. The van der Waals surface area contributed by atoms with Crippen LogP contribution in [0.1, 0.15) is 24.4 Å². The van der Waals surface area contributed by atoms with E-state index in [0.29, 0.717) is 17.8 Å². The van der Waals surface area contributed by atoms with Crippen LogP contribution in [0.2, 0.25) is 0 Å². The molecule has 23 heavy (non-hydrogen) atoms. The second-order valence-corrected chi connectivity index (χ2v) is 5.39. The lowest BCUT2D eigenvalue weighted by Crippen LogP contribution is -2.25. The number of hydrogen-bond donors (Lipinski definition) is 2. The van der Waals surface area contributed by atoms with Gasteiger partial charge in [-0.05, 0) is 32.0 Å². The fraction of sp³-hybridized carbons (Fsp3) is 0.294. The molecule has 0 amide bonds. The highest BCUT2D eigenvalue weighted by atomic mass is 16.5. The quantitative estimate of drug-likeness (QED) is 0.704. The molecule has 3 aromatic rings. The number of nitrogens with one attached hydrogen (secondary N) is 1. The molecule has 0 fully saturated rings. The maximum atomic E-state index is 12.2. The van der Waals surface area contributed by atoms with E-state index < -0.39 is 5.97 Å². The summed E-state index contributed by atoms with van der Waals surface area (Å²) in [5.74, 6) is -0.327. The predicted octanol–water partition coefficient (Wildman–Crippen LogP) is 2.92. The van der Waals surface area contributed by atoms with E-state index in [1.54, 1.807) is 13.1 Å². The van der Waals surface area contributed by atoms with Gasteiger partial charge in [-0.15, -0.1) is 0 Å². The van der Waals surface area contributed by atoms with Gasteiger partial charge in [-0.3, -0.25) is 4.98 Å². The molecule has 0 radical (unpaired) electrons. The summed E-state index contributed by atoms with van der Waals surface area (Å²) in [6.45, 7) is 4.44. The third-order valence-corrected chi connectivity index (χ3v) is 3.50. The average molecular weight is 313 g/mol. The van der Waals surface area contributed by atoms with Gasteiger partial charge in [0, 0.05) is 24.2 Å². The lowest BCUT2D eigenvalue weighted by Gasteiger charge is -2.10. The molecule has 2 heterocycles. The number of pyridine rings is 1. The van der Waals surface area contributed by atoms with E-state index in [1.165, 1.54) is 0 Å². The molecule has 0 bridgehead atoms. The van der Waals surface area contributed by atoms with Gasteiger partial charge in [0.15, 0.2) is 0 Å². The molecule has 0 saturated heterocycles. The molecular weight excluding hydrogens is 294 g/mol. The zero-order valence-electron chi connectivity index (χ0n) is 13.1. The van der Waals surface area contributed by atoms with E-state index in [0.717, 1.165) is 16.3 Å². The van der Waals surface area contributed by atoms with Crippen LogP contribution in [0.4, 0.5) is 5.69 Å². The second-order valence-electron chi connectivity index (χ2n) is 5.39. The van der Waals surface area contributed by atoms with Gasteiger partial charge in [-0.25, -0.2) is 4.79 Å². The summed E-state index contributed by atoms with van der Waals surface area (Å²) in [6.07, 6.45) is 1.73. The van der Waals surface area contributed by atoms with Gasteiger partial charge in [0.25, 0.3) is 0 Å². The number of carbonyl (C=O) groups is 1. The van der Waals surface area contributed by atoms with E-state index in [2.05, 4.69) is 10.3 Å². The number of hydrogen-bond acceptors (Lipinski definition) is 6. The summed E-state index contributed by atoms with van der Waals surface area (Å²) >= 11 is 0. The van der Waals surface area contributed by atoms with Crippen LogP contribution in [0.15, 0.2) is 34.9 Å². The van der Waals surface area contributed by atoms with E-state index in [9.17, 15) is 4.79 Å². The van der Waals surface area contributed by atoms with Crippen LogP contribution in [0.3, 0.4) is 0 Å². The normalized spacial score (nSPS) is 12.5. The lowest BCUT2D eigenvalue weighted by atomic mass is 10.1. The van der Waals surface area contributed by atoms with E-state index in [4.69, 9.17) is 14.9 Å². The first-order chi connectivity index (χ1) is 11.1. The number of furan rings is 1. The first kappa shape index (κ1) is 15.3. The van der Waals surface area contributed by atoms with Crippen molar-refractivity contribution in [1.29, 1.82) is 0 Å². The number of benzene rings is 1. The lowest BCUT2D eigenvalue weighted by molar-refractivity contribution is 0.0494. The van der Waals surface area contributed by atoms with Crippen molar-refractivity contribution in [3.8, 4) is 0 Å². The minimum Gasteiger partial charge on any atom is -0.460 e. The van der Waals surface area contributed by atoms with Crippen molar-refractivity contribution < 1.29 is 13.9 Å². The highest BCUT2D eigenvalue weighted by molar-refractivity contribution is 6.15. The molecule has 0 saturated carbocycles. The highest BCUT2D eigenvalue weighted by Crippen LogP contribution is 2.36. The van der Waals surface area contributed by atoms with Crippen molar-refractivity contribution in [1.82, 2.24) is 4.98 Å². The van der Waals surface area contributed by atoms with Gasteiger partial charge in [0.05, 0.1) is 23.2 Å². The molecule has 2 aromatic heterocycles. The van der Waals surface area contributed by atoms with Crippen LogP contribution in [-0.2, 0) is 4.74 Å². The molecule has 3 N–H and O–H groups in total. The average Bonchev–Trinajstić information content (AvgIpc) is 2.92. The van der Waals surface area contributed by atoms with Gasteiger partial charge in [-0.1, -0.05) is 6.07 Å². The SMILES string of the molecule is CCOC(=O)c1oc2ccc3ncccc3c2c1NC[C@@H](C)N. The van der Waals surface area contributed by atoms with Crippen LogP contribution in [0.5, 0.6) is 0 Å². The van der Waals surface area contributed by atoms with Crippen molar-refractivity contribution in [2.45, 2.75) is 19.9 Å². The molecule has 0 aliphatic rings. The Morgan fingerprint density at radius 2 is 2.26 bits per heavy atom. The first-order valence-electron chi connectivity index (χ1n) is 7.58. The Kier molecular flexibility index (Phi) is 4.16. The van der Waals surface area contributed by atoms with Gasteiger partial charge in [0.2, 0.25) is 5.76 Å². The Labute approximate surface area is 133 Å². The van der Waals surface area contributed by atoms with Gasteiger partial charge >= 0.3 is 5.97 Å². The number of ether oxygens (including phenoxy) is 1. The summed E-state index contributed by atoms with van der Waals surface area (Å²) in [5, 5.41) is 4.95. The van der Waals surface area contributed by atoms with Crippen LogP contribution in [0, 0.1) is 0 Å². The Morgan fingerprint density at radius 1 is 1.43 bits per heavy atom. The highest BCUT2D eigenvalue weighted by Gasteiger charge is 2.23. The Morgan fingerprint density at radius 3 is 3.00 bits per heavy atom. The summed E-state index contributed by atoms with van der Waals surface area (Å²) < 4.78 is 10.8. The molecule has 0 unspecified atom stereocenters. The van der Waals surface area contributed by atoms with E-state index in [1.807, 2.05) is 31.2 Å². The summed E-state index contributed by atoms with van der Waals surface area (Å²) in [4.78, 5) is 16.6. The number of nitrogens with zero attached hydrogens (tertiary/aromatic N) is 1. The Hall–Kier alpha value is -2.60. The van der Waals surface area contributed by atoms with Crippen LogP contribution in [0.25, 0.3) is 21.9 Å². The fourth-order valence-electron chi connectivity index (χ4n) is 2.52. The number of anilines is 1. The number of esters is 1. The standard InChI is InChI=1S/C17H19N3O3/c1-3-22-17(21)16-15(20-9-10(2)18)14-11-5-4-8-19-12(11)6-7-13(14)23-16/h4-8,10,20H,3,9,18H2,1-2H3/t10-/m1/s1. The largest absolute Gasteiger partial charge is 0.460 e. The molecule has 1 atom stereocenters. The van der Waals surface area contributed by atoms with Crippen LogP contribution >= 0.6 is 0 Å². The fourth-order valence-corrected chi connectivity index (χ4v) is 2.52. The van der Waals surface area contributed by atoms with Crippen LogP contribution in [-0.4, -0.2) is 30.1 Å². The van der Waals surface area contributed by atoms with Gasteiger partial charge in [0.1, 0.15) is 5.58 Å². The van der Waals surface area contributed by atoms with Gasteiger partial charge < -0.3 is 20.2 Å². The zero-order valence-corrected chi connectivity index (χ0v) is 13.1. The third-order valence-electron chi connectivity index (χ3n) is 3.50. The van der Waals surface area contributed by atoms with E-state index in [-0.39, 0.29) is 18.4 Å². The van der Waals surface area contributed by atoms with Crippen molar-refractivity contribution in [2.75, 3.05) is 18.5 Å². The van der Waals surface area contributed by atoms with Crippen molar-refractivity contribution in [3.63, 3.8) is 0 Å². The molecule has 1 aromatic carbocycles. The minimum absolute atomic E-state index is 0.0666. The van der Waals surface area contributed by atoms with Crippen LogP contribution < -0.4 is 11.1 Å². The molecule has 6 nitrogen and oxygen atoms in total. The molecule has 0 aliphatic heterocycles. The third kappa shape index (κ3) is 2.85. The van der Waals surface area contributed by atoms with Gasteiger partial charge in [-0.2, -0.15) is 0 Å². The first-order valence-corrected chi connectivity index (χ1v) is 7.58. The Bertz CT molecular complexity index is 855. The zero-order chi connectivity index (χ0) is 16.4. The molecule has 3 rings (SSSR count). The molecule has 6 heteroatoms. The Balaban J connectivity index is 2.23. The molecule has 0 aliphatic carbocycles. The number of aromatic nitrogens is 1. The van der Waals surface area contributed by atoms with E-state index >= 15 is 0 Å². The van der Waals surface area contributed by atoms with Crippen molar-refractivity contribution >= 4 is 33.5 Å². The van der Waals surface area contributed by atoms with Crippen molar-refractivity contribution in [2.24, 2.45) is 5.73 Å². The molecule has 120 valence electrons. The maximum absolute atomic E-state index is 12.2.